The Bertz CT molecular complexity index is 505. The van der Waals surface area contributed by atoms with E-state index in [4.69, 9.17) is 5.11 Å². The number of aliphatic carboxylic acids is 1. The second-order valence-electron chi connectivity index (χ2n) is 5.46. The number of hydrogen-bond donors (Lipinski definition) is 2. The van der Waals surface area contributed by atoms with Crippen LogP contribution in [0.25, 0.3) is 0 Å². The van der Waals surface area contributed by atoms with Gasteiger partial charge < -0.3 is 10.1 Å². The minimum absolute atomic E-state index is 0.0113. The summed E-state index contributed by atoms with van der Waals surface area (Å²) in [6.07, 6.45) is 3.18. The molecular formula is C12H16N2O3. The van der Waals surface area contributed by atoms with Gasteiger partial charge in [-0.3, -0.25) is 4.79 Å². The number of aromatic nitrogens is 2. The number of fused-ring (bicyclic) bond motifs is 1. The fraction of sp³-hybridized carbons (Fsp3) is 0.583. The predicted molar refractivity (Wildman–Crippen MR) is 62.0 cm³/mol. The highest BCUT2D eigenvalue weighted by molar-refractivity contribution is 5.68. The zero-order valence-electron chi connectivity index (χ0n) is 9.99. The van der Waals surface area contributed by atoms with Crippen molar-refractivity contribution in [2.75, 3.05) is 0 Å². The van der Waals surface area contributed by atoms with Gasteiger partial charge in [-0.25, -0.2) is 9.78 Å². The van der Waals surface area contributed by atoms with Gasteiger partial charge in [0, 0.05) is 11.9 Å². The minimum atomic E-state index is -0.815. The van der Waals surface area contributed by atoms with Gasteiger partial charge in [-0.2, -0.15) is 0 Å². The van der Waals surface area contributed by atoms with Crippen LogP contribution in [-0.2, 0) is 11.2 Å². The van der Waals surface area contributed by atoms with Crippen molar-refractivity contribution in [1.29, 1.82) is 0 Å². The summed E-state index contributed by atoms with van der Waals surface area (Å²) in [6.45, 7) is 4.17. The SMILES string of the molecule is CC1(C)Cc2[nH]c(=O)ncc2C(CC(=O)O)C1. The van der Waals surface area contributed by atoms with Crippen molar-refractivity contribution >= 4 is 5.97 Å². The van der Waals surface area contributed by atoms with Crippen molar-refractivity contribution in [2.45, 2.75) is 39.0 Å². The lowest BCUT2D eigenvalue weighted by molar-refractivity contribution is -0.137. The number of carboxylic acids is 1. The lowest BCUT2D eigenvalue weighted by Crippen LogP contribution is -2.30. The normalized spacial score (nSPS) is 21.9. The van der Waals surface area contributed by atoms with Crippen LogP contribution in [0.1, 0.15) is 43.9 Å². The Morgan fingerprint density at radius 3 is 3.00 bits per heavy atom. The van der Waals surface area contributed by atoms with Crippen LogP contribution in [-0.4, -0.2) is 21.0 Å². The predicted octanol–water partition coefficient (Wildman–Crippen LogP) is 1.30. The highest BCUT2D eigenvalue weighted by Gasteiger charge is 2.34. The summed E-state index contributed by atoms with van der Waals surface area (Å²) in [5, 5.41) is 8.92. The molecule has 0 aromatic carbocycles. The fourth-order valence-corrected chi connectivity index (χ4v) is 2.66. The third-order valence-corrected chi connectivity index (χ3v) is 3.24. The van der Waals surface area contributed by atoms with Gasteiger partial charge in [-0.1, -0.05) is 13.8 Å². The molecule has 0 radical (unpaired) electrons. The third-order valence-electron chi connectivity index (χ3n) is 3.24. The molecule has 17 heavy (non-hydrogen) atoms. The van der Waals surface area contributed by atoms with Crippen molar-refractivity contribution in [3.05, 3.63) is 27.9 Å². The number of aromatic amines is 1. The first-order chi connectivity index (χ1) is 7.87. The molecule has 1 aliphatic rings. The zero-order valence-corrected chi connectivity index (χ0v) is 9.99. The van der Waals surface area contributed by atoms with Gasteiger partial charge in [-0.05, 0) is 29.7 Å². The molecule has 1 atom stereocenters. The van der Waals surface area contributed by atoms with E-state index in [0.717, 1.165) is 24.1 Å². The van der Waals surface area contributed by atoms with E-state index in [2.05, 4.69) is 23.8 Å². The van der Waals surface area contributed by atoms with Crippen molar-refractivity contribution in [1.82, 2.24) is 9.97 Å². The van der Waals surface area contributed by atoms with Crippen LogP contribution < -0.4 is 5.69 Å². The molecule has 1 aromatic heterocycles. The molecule has 1 aromatic rings. The Morgan fingerprint density at radius 1 is 1.65 bits per heavy atom. The quantitative estimate of drug-likeness (QED) is 0.810. The van der Waals surface area contributed by atoms with Gasteiger partial charge in [0.15, 0.2) is 0 Å². The number of nitrogens with zero attached hydrogens (tertiary/aromatic N) is 1. The first kappa shape index (κ1) is 11.8. The smallest absolute Gasteiger partial charge is 0.345 e. The average molecular weight is 236 g/mol. The molecule has 5 heteroatoms. The van der Waals surface area contributed by atoms with E-state index in [9.17, 15) is 9.59 Å². The van der Waals surface area contributed by atoms with E-state index in [-0.39, 0.29) is 23.4 Å². The zero-order chi connectivity index (χ0) is 12.6. The van der Waals surface area contributed by atoms with Crippen molar-refractivity contribution in [3.8, 4) is 0 Å². The maximum atomic E-state index is 11.2. The molecule has 0 saturated heterocycles. The maximum absolute atomic E-state index is 11.2. The summed E-state index contributed by atoms with van der Waals surface area (Å²) in [5.41, 5.74) is 1.37. The topological polar surface area (TPSA) is 83.0 Å². The van der Waals surface area contributed by atoms with Crippen LogP contribution >= 0.6 is 0 Å². The minimum Gasteiger partial charge on any atom is -0.481 e. The average Bonchev–Trinajstić information content (AvgIpc) is 2.13. The van der Waals surface area contributed by atoms with E-state index in [1.165, 1.54) is 6.20 Å². The molecular weight excluding hydrogens is 220 g/mol. The molecule has 0 bridgehead atoms. The Hall–Kier alpha value is -1.65. The molecule has 1 unspecified atom stereocenters. The van der Waals surface area contributed by atoms with Crippen molar-refractivity contribution < 1.29 is 9.90 Å². The van der Waals surface area contributed by atoms with E-state index in [1.807, 2.05) is 0 Å². The number of carbonyl (C=O) groups is 1. The molecule has 0 saturated carbocycles. The molecule has 2 N–H and O–H groups in total. The number of rotatable bonds is 2. The fourth-order valence-electron chi connectivity index (χ4n) is 2.66. The monoisotopic (exact) mass is 236 g/mol. The highest BCUT2D eigenvalue weighted by Crippen LogP contribution is 2.42. The number of H-pyrrole nitrogens is 1. The number of nitrogens with one attached hydrogen (secondary N) is 1. The first-order valence-electron chi connectivity index (χ1n) is 5.67. The molecule has 1 aliphatic carbocycles. The summed E-state index contributed by atoms with van der Waals surface area (Å²) >= 11 is 0. The summed E-state index contributed by atoms with van der Waals surface area (Å²) in [6, 6.07) is 0. The molecule has 0 fully saturated rings. The van der Waals surface area contributed by atoms with Crippen LogP contribution in [0.2, 0.25) is 0 Å². The van der Waals surface area contributed by atoms with Gasteiger partial charge in [-0.15, -0.1) is 0 Å². The summed E-state index contributed by atoms with van der Waals surface area (Å²) in [4.78, 5) is 28.5. The Balaban J connectivity index is 2.43. The second-order valence-corrected chi connectivity index (χ2v) is 5.46. The summed E-state index contributed by atoms with van der Waals surface area (Å²) in [5.74, 6) is -0.875. The van der Waals surface area contributed by atoms with Crippen molar-refractivity contribution in [3.63, 3.8) is 0 Å². The van der Waals surface area contributed by atoms with Gasteiger partial charge in [0.1, 0.15) is 0 Å². The van der Waals surface area contributed by atoms with E-state index < -0.39 is 5.97 Å². The van der Waals surface area contributed by atoms with Gasteiger partial charge >= 0.3 is 11.7 Å². The van der Waals surface area contributed by atoms with Crippen LogP contribution in [0.3, 0.4) is 0 Å². The van der Waals surface area contributed by atoms with Gasteiger partial charge in [0.05, 0.1) is 6.42 Å². The Labute approximate surface area is 98.9 Å². The third kappa shape index (κ3) is 2.54. The molecule has 0 aliphatic heterocycles. The van der Waals surface area contributed by atoms with Crippen molar-refractivity contribution in [2.24, 2.45) is 5.41 Å². The van der Waals surface area contributed by atoms with E-state index >= 15 is 0 Å². The molecule has 1 heterocycles. The summed E-state index contributed by atoms with van der Waals surface area (Å²) < 4.78 is 0. The molecule has 0 amide bonds. The van der Waals surface area contributed by atoms with Crippen LogP contribution in [0.5, 0.6) is 0 Å². The Morgan fingerprint density at radius 2 is 2.35 bits per heavy atom. The van der Waals surface area contributed by atoms with E-state index in [0.29, 0.717) is 0 Å². The Kier molecular flexibility index (Phi) is 2.77. The summed E-state index contributed by atoms with van der Waals surface area (Å²) in [7, 11) is 0. The van der Waals surface area contributed by atoms with Gasteiger partial charge in [0.25, 0.3) is 0 Å². The molecule has 92 valence electrons. The maximum Gasteiger partial charge on any atom is 0.345 e. The van der Waals surface area contributed by atoms with Gasteiger partial charge in [0.2, 0.25) is 0 Å². The number of hydrogen-bond acceptors (Lipinski definition) is 3. The second kappa shape index (κ2) is 3.98. The van der Waals surface area contributed by atoms with Crippen LogP contribution in [0, 0.1) is 5.41 Å². The van der Waals surface area contributed by atoms with Crippen LogP contribution in [0.15, 0.2) is 11.0 Å². The standard InChI is InChI=1S/C12H16N2O3/c1-12(2)4-7(3-10(15)16)8-6-13-11(17)14-9(8)5-12/h6-7H,3-5H2,1-2H3,(H,15,16)(H,13,14,17). The largest absolute Gasteiger partial charge is 0.481 e. The first-order valence-corrected chi connectivity index (χ1v) is 5.67. The lowest BCUT2D eigenvalue weighted by atomic mass is 9.70. The molecule has 0 spiro atoms. The lowest BCUT2D eigenvalue weighted by Gasteiger charge is -2.35. The highest BCUT2D eigenvalue weighted by atomic mass is 16.4. The van der Waals surface area contributed by atoms with E-state index in [1.54, 1.807) is 0 Å². The number of carboxylic acid groups (broad SMARTS) is 1. The van der Waals surface area contributed by atoms with Crippen LogP contribution in [0.4, 0.5) is 0 Å². The molecule has 2 rings (SSSR count). The molecule has 5 nitrogen and oxygen atoms in total.